The van der Waals surface area contributed by atoms with Crippen molar-refractivity contribution in [3.05, 3.63) is 21.4 Å². The third kappa shape index (κ3) is 5.62. The van der Waals surface area contributed by atoms with Crippen molar-refractivity contribution in [2.75, 3.05) is 18.5 Å². The van der Waals surface area contributed by atoms with Gasteiger partial charge in [-0.1, -0.05) is 38.3 Å². The molecule has 0 saturated carbocycles. The molecule has 3 heterocycles. The third-order valence-electron chi connectivity index (χ3n) is 6.11. The van der Waals surface area contributed by atoms with Crippen molar-refractivity contribution in [2.24, 2.45) is 5.92 Å². The quantitative estimate of drug-likeness (QED) is 0.318. The van der Waals surface area contributed by atoms with E-state index in [9.17, 15) is 4.79 Å². The summed E-state index contributed by atoms with van der Waals surface area (Å²) in [6.07, 6.45) is -0.840. The fraction of sp³-hybridized carbons (Fsp3) is 0.619. The van der Waals surface area contributed by atoms with Crippen LogP contribution in [0.15, 0.2) is 10.7 Å². The molecule has 0 spiro atoms. The van der Waals surface area contributed by atoms with E-state index in [1.807, 2.05) is 0 Å². The van der Waals surface area contributed by atoms with E-state index in [-0.39, 0.29) is 35.0 Å². The van der Waals surface area contributed by atoms with Gasteiger partial charge in [0, 0.05) is 12.3 Å². The molecule has 1 aromatic rings. The van der Waals surface area contributed by atoms with Gasteiger partial charge in [-0.25, -0.2) is 9.78 Å². The number of pyridine rings is 1. The van der Waals surface area contributed by atoms with Gasteiger partial charge in [0.2, 0.25) is 0 Å². The van der Waals surface area contributed by atoms with E-state index >= 15 is 0 Å². The number of amides is 1. The highest BCUT2D eigenvalue weighted by molar-refractivity contribution is 9.10. The highest BCUT2D eigenvalue weighted by Gasteiger charge is 2.51. The molecule has 2 aliphatic rings. The van der Waals surface area contributed by atoms with E-state index in [1.165, 1.54) is 6.07 Å². The minimum absolute atomic E-state index is 0.0504. The molecule has 31 heavy (non-hydrogen) atoms. The van der Waals surface area contributed by atoms with Crippen LogP contribution in [0.2, 0.25) is 23.2 Å². The summed E-state index contributed by atoms with van der Waals surface area (Å²) < 4.78 is 19.0. The first kappa shape index (κ1) is 24.5. The molecule has 0 bridgehead atoms. The smallest absolute Gasteiger partial charge is 0.409 e. The van der Waals surface area contributed by atoms with Crippen LogP contribution in [-0.4, -0.2) is 56.0 Å². The number of hydrogen-bond donors (Lipinski definition) is 2. The summed E-state index contributed by atoms with van der Waals surface area (Å²) >= 11 is 9.27. The lowest BCUT2D eigenvalue weighted by Crippen LogP contribution is -2.47. The fourth-order valence-electron chi connectivity index (χ4n) is 3.41. The molecule has 1 aromatic heterocycles. The van der Waals surface area contributed by atoms with Crippen molar-refractivity contribution in [1.82, 2.24) is 4.98 Å². The number of fused-ring (bicyclic) bond motifs is 1. The predicted molar refractivity (Wildman–Crippen MR) is 125 cm³/mol. The van der Waals surface area contributed by atoms with Crippen LogP contribution in [0.1, 0.15) is 32.9 Å². The van der Waals surface area contributed by atoms with Crippen LogP contribution >= 0.6 is 27.5 Å². The van der Waals surface area contributed by atoms with Gasteiger partial charge in [0.1, 0.15) is 16.4 Å². The number of nitrogens with one attached hydrogen (secondary N) is 1. The van der Waals surface area contributed by atoms with E-state index in [2.05, 4.69) is 71.9 Å². The first-order valence-electron chi connectivity index (χ1n) is 10.1. The maximum Gasteiger partial charge on any atom is 0.409 e. The van der Waals surface area contributed by atoms with Crippen LogP contribution in [0.5, 0.6) is 0 Å². The van der Waals surface area contributed by atoms with Crippen LogP contribution in [0.3, 0.4) is 0 Å². The first-order chi connectivity index (χ1) is 14.4. The zero-order chi connectivity index (χ0) is 23.0. The number of halogens is 2. The van der Waals surface area contributed by atoms with E-state index in [1.54, 1.807) is 0 Å². The molecule has 1 amide bonds. The van der Waals surface area contributed by atoms with Gasteiger partial charge in [0.25, 0.3) is 0 Å². The Balaban J connectivity index is 1.67. The Labute approximate surface area is 197 Å². The minimum atomic E-state index is -1.92. The molecule has 2 N–H and O–H groups in total. The largest absolute Gasteiger partial charge is 0.465 e. The molecule has 2 fully saturated rings. The van der Waals surface area contributed by atoms with Crippen molar-refractivity contribution < 1.29 is 23.8 Å². The summed E-state index contributed by atoms with van der Waals surface area (Å²) in [6.45, 7) is 12.2. The molecule has 10 heteroatoms. The molecule has 0 radical (unpaired) electrons. The summed E-state index contributed by atoms with van der Waals surface area (Å²) in [5.74, 6) is 6.18. The van der Waals surface area contributed by atoms with Crippen molar-refractivity contribution >= 4 is 47.6 Å². The SMILES string of the molecule is CC(C)(C)[Si](C)(C)O[C@@H]1CO[C@@H]2C(CC#Cc3nc(Br)c(Cl)cc3NC(=O)O)CO[C@@H]21. The molecule has 170 valence electrons. The lowest BCUT2D eigenvalue weighted by Gasteiger charge is -2.39. The topological polar surface area (TPSA) is 89.9 Å². The molecule has 7 nitrogen and oxygen atoms in total. The molecule has 4 atom stereocenters. The number of ether oxygens (including phenoxy) is 2. The van der Waals surface area contributed by atoms with Gasteiger partial charge < -0.3 is 19.0 Å². The van der Waals surface area contributed by atoms with Gasteiger partial charge in [0.15, 0.2) is 8.32 Å². The Morgan fingerprint density at radius 2 is 2.06 bits per heavy atom. The van der Waals surface area contributed by atoms with Gasteiger partial charge in [-0.3, -0.25) is 5.32 Å². The Bertz CT molecular complexity index is 912. The number of carbonyl (C=O) groups is 1. The number of anilines is 1. The molecule has 0 aliphatic carbocycles. The van der Waals surface area contributed by atoms with Crippen LogP contribution < -0.4 is 5.32 Å². The lowest BCUT2D eigenvalue weighted by molar-refractivity contribution is 0.0231. The Kier molecular flexibility index (Phi) is 7.41. The second-order valence-electron chi connectivity index (χ2n) is 9.37. The normalized spacial score (nSPS) is 25.6. The molecule has 2 aliphatic heterocycles. The fourth-order valence-corrected chi connectivity index (χ4v) is 5.17. The maximum atomic E-state index is 11.0. The number of aromatic nitrogens is 1. The number of rotatable bonds is 4. The molecule has 2 saturated heterocycles. The molecule has 3 rings (SSSR count). The van der Waals surface area contributed by atoms with Crippen LogP contribution in [0.4, 0.5) is 10.5 Å². The number of nitrogens with zero attached hydrogens (tertiary/aromatic N) is 1. The molecular formula is C21H28BrClN2O5Si. The van der Waals surface area contributed by atoms with E-state index in [0.717, 1.165) is 0 Å². The predicted octanol–water partition coefficient (Wildman–Crippen LogP) is 5.13. The van der Waals surface area contributed by atoms with Crippen molar-refractivity contribution in [3.63, 3.8) is 0 Å². The van der Waals surface area contributed by atoms with Gasteiger partial charge in [-0.05, 0) is 46.0 Å². The van der Waals surface area contributed by atoms with E-state index in [0.29, 0.717) is 35.0 Å². The van der Waals surface area contributed by atoms with Crippen molar-refractivity contribution in [2.45, 2.75) is 63.6 Å². The minimum Gasteiger partial charge on any atom is -0.465 e. The van der Waals surface area contributed by atoms with Crippen LogP contribution in [0.25, 0.3) is 0 Å². The standard InChI is InChI=1S/C21H28BrClN2O5Si/c1-21(2,3)31(4,5)30-16-11-29-17-12(10-28-18(16)17)7-6-8-14-15(25-20(26)27)9-13(23)19(22)24-14/h9,12,16-18,25H,7,10-11H2,1-5H3,(H,26,27)/t12?,16-,17-,18-/m1/s1. The molecule has 1 unspecified atom stereocenters. The number of carboxylic acid groups (broad SMARTS) is 1. The van der Waals surface area contributed by atoms with Crippen molar-refractivity contribution in [3.8, 4) is 11.8 Å². The number of hydrogen-bond acceptors (Lipinski definition) is 5. The highest BCUT2D eigenvalue weighted by atomic mass is 79.9. The molecule has 0 aromatic carbocycles. The second-order valence-corrected chi connectivity index (χ2v) is 15.3. The average molecular weight is 532 g/mol. The maximum absolute atomic E-state index is 11.0. The van der Waals surface area contributed by atoms with Gasteiger partial charge in [-0.15, -0.1) is 0 Å². The average Bonchev–Trinajstić information content (AvgIpc) is 3.21. The third-order valence-corrected chi connectivity index (χ3v) is 11.7. The summed E-state index contributed by atoms with van der Waals surface area (Å²) in [4.78, 5) is 15.3. The summed E-state index contributed by atoms with van der Waals surface area (Å²) in [6, 6.07) is 1.48. The zero-order valence-corrected chi connectivity index (χ0v) is 21.6. The zero-order valence-electron chi connectivity index (χ0n) is 18.3. The summed E-state index contributed by atoms with van der Waals surface area (Å²) in [7, 11) is -1.92. The van der Waals surface area contributed by atoms with Gasteiger partial charge >= 0.3 is 6.09 Å². The monoisotopic (exact) mass is 530 g/mol. The Morgan fingerprint density at radius 1 is 1.39 bits per heavy atom. The van der Waals surface area contributed by atoms with E-state index in [4.69, 9.17) is 30.6 Å². The van der Waals surface area contributed by atoms with Crippen LogP contribution in [0, 0.1) is 17.8 Å². The first-order valence-corrected chi connectivity index (χ1v) is 14.2. The summed E-state index contributed by atoms with van der Waals surface area (Å²) in [5.41, 5.74) is 0.550. The van der Waals surface area contributed by atoms with Gasteiger partial charge in [-0.2, -0.15) is 0 Å². The van der Waals surface area contributed by atoms with Gasteiger partial charge in [0.05, 0.1) is 36.1 Å². The highest BCUT2D eigenvalue weighted by Crippen LogP contribution is 2.41. The molecular weight excluding hydrogens is 504 g/mol. The Morgan fingerprint density at radius 3 is 2.71 bits per heavy atom. The Hall–Kier alpha value is -1.15. The summed E-state index contributed by atoms with van der Waals surface area (Å²) in [5, 5.41) is 11.7. The van der Waals surface area contributed by atoms with E-state index < -0.39 is 14.4 Å². The lowest BCUT2D eigenvalue weighted by atomic mass is 9.98. The van der Waals surface area contributed by atoms with Crippen LogP contribution in [-0.2, 0) is 13.9 Å². The second kappa shape index (κ2) is 9.38. The van der Waals surface area contributed by atoms with Crippen molar-refractivity contribution in [1.29, 1.82) is 0 Å².